The molecule has 2 unspecified atom stereocenters. The molecule has 1 fully saturated rings. The van der Waals surface area contributed by atoms with Crippen LogP contribution in [0.4, 0.5) is 5.82 Å². The van der Waals surface area contributed by atoms with Gasteiger partial charge in [0.15, 0.2) is 5.82 Å². The van der Waals surface area contributed by atoms with Gasteiger partial charge in [0.2, 0.25) is 0 Å². The smallest absolute Gasteiger partial charge is 0.157 e. The number of hydrogen-bond donors (Lipinski definition) is 2. The molecule has 9 heteroatoms. The first-order valence-electron chi connectivity index (χ1n) is 11.4. The molecular formula is C24H30Cl3N5O. The summed E-state index contributed by atoms with van der Waals surface area (Å²) in [6.07, 6.45) is 7.19. The van der Waals surface area contributed by atoms with Crippen LogP contribution < -0.4 is 5.32 Å². The van der Waals surface area contributed by atoms with Crippen molar-refractivity contribution in [1.82, 2.24) is 19.8 Å². The summed E-state index contributed by atoms with van der Waals surface area (Å²) in [5, 5.41) is 14.3. The first-order chi connectivity index (χ1) is 15.9. The summed E-state index contributed by atoms with van der Waals surface area (Å²) in [6.45, 7) is 6.98. The Morgan fingerprint density at radius 3 is 2.79 bits per heavy atom. The van der Waals surface area contributed by atoms with Gasteiger partial charge in [-0.2, -0.15) is 0 Å². The molecule has 1 saturated heterocycles. The van der Waals surface area contributed by atoms with Gasteiger partial charge in [-0.1, -0.05) is 46.9 Å². The highest BCUT2D eigenvalue weighted by Crippen LogP contribution is 2.31. The molecule has 2 N–H and O–H groups in total. The molecular weight excluding hydrogens is 481 g/mol. The zero-order valence-corrected chi connectivity index (χ0v) is 21.0. The van der Waals surface area contributed by atoms with Crippen LogP contribution in [0, 0.1) is 0 Å². The van der Waals surface area contributed by atoms with E-state index in [1.54, 1.807) is 12.3 Å². The van der Waals surface area contributed by atoms with E-state index in [2.05, 4.69) is 26.2 Å². The van der Waals surface area contributed by atoms with Crippen molar-refractivity contribution < 1.29 is 5.11 Å². The molecule has 0 saturated carbocycles. The number of hydrogen-bond acceptors (Lipinski definition) is 6. The first-order valence-corrected chi connectivity index (χ1v) is 12.6. The summed E-state index contributed by atoms with van der Waals surface area (Å²) < 4.78 is 0. The summed E-state index contributed by atoms with van der Waals surface area (Å²) in [5.74, 6) is 1.30. The molecule has 2 atom stereocenters. The molecule has 33 heavy (non-hydrogen) atoms. The Labute approximate surface area is 210 Å². The van der Waals surface area contributed by atoms with E-state index < -0.39 is 0 Å². The Hall–Kier alpha value is -1.41. The number of likely N-dealkylation sites (tertiary alicyclic amines) is 1. The zero-order chi connectivity index (χ0) is 23.4. The molecule has 0 amide bonds. The van der Waals surface area contributed by atoms with Crippen molar-refractivity contribution in [3.05, 3.63) is 56.9 Å². The van der Waals surface area contributed by atoms with Crippen molar-refractivity contribution in [2.45, 2.75) is 38.3 Å². The van der Waals surface area contributed by atoms with Crippen LogP contribution in [-0.2, 0) is 0 Å². The van der Waals surface area contributed by atoms with E-state index in [1.807, 2.05) is 19.1 Å². The normalized spacial score (nSPS) is 21.0. The number of benzene rings is 1. The standard InChI is InChI=1S/C24H30Cl3N5O/c1-16(20-5-4-18(25)13-21(20)26)29-24-22(27)14-28-23(30-24)17-6-9-32(10-7-17)19-3-2-8-31(15-19)11-12-33/h4-6,13-14,16,19,33H,2-3,7-12,15H2,1H3,(H,28,29,30). The molecule has 0 aliphatic carbocycles. The van der Waals surface area contributed by atoms with Gasteiger partial charge in [-0.15, -0.1) is 0 Å². The fourth-order valence-electron chi connectivity index (χ4n) is 4.65. The average molecular weight is 511 g/mol. The highest BCUT2D eigenvalue weighted by Gasteiger charge is 2.27. The van der Waals surface area contributed by atoms with E-state index in [4.69, 9.17) is 39.8 Å². The minimum Gasteiger partial charge on any atom is -0.395 e. The maximum Gasteiger partial charge on any atom is 0.157 e. The maximum absolute atomic E-state index is 9.26. The lowest BCUT2D eigenvalue weighted by molar-refractivity contribution is 0.0914. The quantitative estimate of drug-likeness (QED) is 0.537. The number of halogens is 3. The van der Waals surface area contributed by atoms with Crippen molar-refractivity contribution in [2.24, 2.45) is 0 Å². The molecule has 1 aromatic carbocycles. The fraction of sp³-hybridized carbons (Fsp3) is 0.500. The second-order valence-electron chi connectivity index (χ2n) is 8.72. The molecule has 178 valence electrons. The van der Waals surface area contributed by atoms with Gasteiger partial charge in [-0.25, -0.2) is 9.97 Å². The van der Waals surface area contributed by atoms with Crippen molar-refractivity contribution in [1.29, 1.82) is 0 Å². The highest BCUT2D eigenvalue weighted by atomic mass is 35.5. The van der Waals surface area contributed by atoms with Gasteiger partial charge in [0, 0.05) is 42.3 Å². The van der Waals surface area contributed by atoms with Gasteiger partial charge < -0.3 is 10.4 Å². The van der Waals surface area contributed by atoms with Crippen LogP contribution in [0.2, 0.25) is 15.1 Å². The van der Waals surface area contributed by atoms with E-state index in [0.29, 0.717) is 32.8 Å². The number of aromatic nitrogens is 2. The van der Waals surface area contributed by atoms with E-state index in [0.717, 1.165) is 50.3 Å². The van der Waals surface area contributed by atoms with Crippen molar-refractivity contribution >= 4 is 46.2 Å². The van der Waals surface area contributed by atoms with Gasteiger partial charge >= 0.3 is 0 Å². The molecule has 1 aromatic heterocycles. The van der Waals surface area contributed by atoms with Gasteiger partial charge in [-0.05, 0) is 56.0 Å². The van der Waals surface area contributed by atoms with Crippen molar-refractivity contribution in [3.8, 4) is 0 Å². The van der Waals surface area contributed by atoms with Gasteiger partial charge in [0.05, 0.1) is 18.8 Å². The molecule has 4 rings (SSSR count). The molecule has 2 aliphatic rings. The molecule has 2 aliphatic heterocycles. The minimum absolute atomic E-state index is 0.0981. The number of β-amino-alcohol motifs (C(OH)–C–C–N with tert-alkyl or cyclic N) is 1. The van der Waals surface area contributed by atoms with Crippen LogP contribution in [0.1, 0.15) is 43.6 Å². The molecule has 0 spiro atoms. The predicted octanol–water partition coefficient (Wildman–Crippen LogP) is 5.16. The molecule has 0 radical (unpaired) electrons. The third-order valence-electron chi connectivity index (χ3n) is 6.47. The monoisotopic (exact) mass is 509 g/mol. The summed E-state index contributed by atoms with van der Waals surface area (Å²) in [6, 6.07) is 5.90. The largest absolute Gasteiger partial charge is 0.395 e. The number of nitrogens with zero attached hydrogens (tertiary/aromatic N) is 4. The third-order valence-corrected chi connectivity index (χ3v) is 7.31. The Bertz CT molecular complexity index is 1000. The van der Waals surface area contributed by atoms with E-state index >= 15 is 0 Å². The Kier molecular flexibility index (Phi) is 8.49. The first kappa shape index (κ1) is 24.7. The Morgan fingerprint density at radius 2 is 2.06 bits per heavy atom. The zero-order valence-electron chi connectivity index (χ0n) is 18.8. The summed E-state index contributed by atoms with van der Waals surface area (Å²) >= 11 is 18.8. The van der Waals surface area contributed by atoms with Crippen LogP contribution >= 0.6 is 34.8 Å². The summed E-state index contributed by atoms with van der Waals surface area (Å²) in [4.78, 5) is 14.1. The second-order valence-corrected chi connectivity index (χ2v) is 9.97. The van der Waals surface area contributed by atoms with E-state index in [9.17, 15) is 5.11 Å². The van der Waals surface area contributed by atoms with Gasteiger partial charge in [0.25, 0.3) is 0 Å². The van der Waals surface area contributed by atoms with Crippen molar-refractivity contribution in [3.63, 3.8) is 0 Å². The van der Waals surface area contributed by atoms with Crippen molar-refractivity contribution in [2.75, 3.05) is 44.6 Å². The van der Waals surface area contributed by atoms with Crippen LogP contribution in [0.25, 0.3) is 5.57 Å². The second kappa shape index (κ2) is 11.3. The van der Waals surface area contributed by atoms with Gasteiger partial charge in [0.1, 0.15) is 10.8 Å². The van der Waals surface area contributed by atoms with E-state index in [1.165, 1.54) is 12.8 Å². The maximum atomic E-state index is 9.26. The molecule has 2 aromatic rings. The number of anilines is 1. The van der Waals surface area contributed by atoms with Crippen LogP contribution in [0.15, 0.2) is 30.5 Å². The fourth-order valence-corrected chi connectivity index (χ4v) is 5.37. The summed E-state index contributed by atoms with van der Waals surface area (Å²) in [7, 11) is 0. The number of rotatable bonds is 7. The average Bonchev–Trinajstić information content (AvgIpc) is 2.81. The number of piperidine rings is 1. The molecule has 0 bridgehead atoms. The van der Waals surface area contributed by atoms with Crippen LogP contribution in [-0.4, -0.2) is 70.2 Å². The topological polar surface area (TPSA) is 64.5 Å². The van der Waals surface area contributed by atoms with Gasteiger partial charge in [-0.3, -0.25) is 9.80 Å². The number of nitrogens with one attached hydrogen (secondary N) is 1. The molecule has 3 heterocycles. The number of aliphatic hydroxyl groups excluding tert-OH is 1. The third kappa shape index (κ3) is 6.18. The summed E-state index contributed by atoms with van der Waals surface area (Å²) in [5.41, 5.74) is 2.07. The van der Waals surface area contributed by atoms with E-state index in [-0.39, 0.29) is 12.6 Å². The SMILES string of the molecule is CC(Nc1nc(C2=CCN(C3CCCN(CCO)C3)CC2)ncc1Cl)c1ccc(Cl)cc1Cl. The van der Waals surface area contributed by atoms with Crippen LogP contribution in [0.5, 0.6) is 0 Å². The Balaban J connectivity index is 1.43. The lowest BCUT2D eigenvalue weighted by Gasteiger charge is -2.40. The Morgan fingerprint density at radius 1 is 1.21 bits per heavy atom. The molecule has 6 nitrogen and oxygen atoms in total. The minimum atomic E-state index is -0.0981. The predicted molar refractivity (Wildman–Crippen MR) is 136 cm³/mol. The highest BCUT2D eigenvalue weighted by molar-refractivity contribution is 6.35. The number of aliphatic hydroxyl groups is 1. The van der Waals surface area contributed by atoms with Crippen LogP contribution in [0.3, 0.4) is 0 Å². The lowest BCUT2D eigenvalue weighted by Crippen LogP contribution is -2.49. The lowest BCUT2D eigenvalue weighted by atomic mass is 10.00.